The Morgan fingerprint density at radius 1 is 1.40 bits per heavy atom. The summed E-state index contributed by atoms with van der Waals surface area (Å²) in [5, 5.41) is 0. The summed E-state index contributed by atoms with van der Waals surface area (Å²) in [6.45, 7) is 4.19. The van der Waals surface area contributed by atoms with Crippen molar-refractivity contribution in [3.63, 3.8) is 0 Å². The van der Waals surface area contributed by atoms with Gasteiger partial charge in [-0.3, -0.25) is 4.98 Å². The van der Waals surface area contributed by atoms with Crippen molar-refractivity contribution in [1.82, 2.24) is 4.98 Å². The van der Waals surface area contributed by atoms with Gasteiger partial charge in [0.05, 0.1) is 6.26 Å². The minimum absolute atomic E-state index is 0.284. The maximum absolute atomic E-state index is 6.30. The van der Waals surface area contributed by atoms with Gasteiger partial charge in [0.15, 0.2) is 5.58 Å². The van der Waals surface area contributed by atoms with Crippen LogP contribution in [0.15, 0.2) is 29.0 Å². The lowest BCUT2D eigenvalue weighted by atomic mass is 9.87. The standard InChI is InChI=1S/C12H16N2O/c1-3-12(13,4-2)9-7-11-10(14-8-9)5-6-15-11/h5-8H,3-4,13H2,1-2H3. The van der Waals surface area contributed by atoms with Crippen LogP contribution in [0.3, 0.4) is 0 Å². The molecule has 2 aromatic heterocycles. The van der Waals surface area contributed by atoms with Gasteiger partial charge in [-0.15, -0.1) is 0 Å². The molecular formula is C12H16N2O. The summed E-state index contributed by atoms with van der Waals surface area (Å²) in [7, 11) is 0. The molecule has 2 aromatic rings. The van der Waals surface area contributed by atoms with Crippen molar-refractivity contribution >= 4 is 11.1 Å². The minimum atomic E-state index is -0.284. The lowest BCUT2D eigenvalue weighted by Crippen LogP contribution is -2.35. The SMILES string of the molecule is CCC(N)(CC)c1cnc2ccoc2c1. The van der Waals surface area contributed by atoms with Gasteiger partial charge in [0, 0.05) is 17.8 Å². The van der Waals surface area contributed by atoms with Crippen LogP contribution in [0.2, 0.25) is 0 Å². The van der Waals surface area contributed by atoms with Gasteiger partial charge in [0.2, 0.25) is 0 Å². The minimum Gasteiger partial charge on any atom is -0.463 e. The molecule has 3 heteroatoms. The molecule has 0 amide bonds. The lowest BCUT2D eigenvalue weighted by Gasteiger charge is -2.26. The zero-order valence-electron chi connectivity index (χ0n) is 9.16. The highest BCUT2D eigenvalue weighted by Crippen LogP contribution is 2.27. The summed E-state index contributed by atoms with van der Waals surface area (Å²) in [4.78, 5) is 4.33. The van der Waals surface area contributed by atoms with Crippen molar-refractivity contribution in [2.24, 2.45) is 5.73 Å². The number of nitrogens with two attached hydrogens (primary N) is 1. The first-order chi connectivity index (χ1) is 7.19. The summed E-state index contributed by atoms with van der Waals surface area (Å²) in [5.41, 5.74) is 8.76. The summed E-state index contributed by atoms with van der Waals surface area (Å²) in [6.07, 6.45) is 5.30. The first kappa shape index (κ1) is 10.2. The van der Waals surface area contributed by atoms with E-state index in [2.05, 4.69) is 18.8 Å². The molecule has 0 saturated carbocycles. The Morgan fingerprint density at radius 2 is 2.13 bits per heavy atom. The van der Waals surface area contributed by atoms with Crippen LogP contribution < -0.4 is 5.73 Å². The Hall–Kier alpha value is -1.35. The third-order valence-corrected chi connectivity index (χ3v) is 3.14. The zero-order chi connectivity index (χ0) is 10.9. The van der Waals surface area contributed by atoms with E-state index in [1.54, 1.807) is 6.26 Å². The molecule has 0 unspecified atom stereocenters. The molecule has 2 heterocycles. The van der Waals surface area contributed by atoms with Gasteiger partial charge in [-0.05, 0) is 24.5 Å². The van der Waals surface area contributed by atoms with Crippen molar-refractivity contribution in [3.8, 4) is 0 Å². The first-order valence-corrected chi connectivity index (χ1v) is 5.32. The summed E-state index contributed by atoms with van der Waals surface area (Å²) in [5.74, 6) is 0. The number of furan rings is 1. The normalized spacial score (nSPS) is 12.2. The molecule has 0 aliphatic heterocycles. The molecule has 2 N–H and O–H groups in total. The number of nitrogens with zero attached hydrogens (tertiary/aromatic N) is 1. The third kappa shape index (κ3) is 1.63. The first-order valence-electron chi connectivity index (χ1n) is 5.32. The molecule has 0 aromatic carbocycles. The number of hydrogen-bond donors (Lipinski definition) is 1. The molecule has 80 valence electrons. The fourth-order valence-electron chi connectivity index (χ4n) is 1.78. The largest absolute Gasteiger partial charge is 0.463 e. The molecule has 0 atom stereocenters. The Labute approximate surface area is 89.3 Å². The van der Waals surface area contributed by atoms with E-state index >= 15 is 0 Å². The van der Waals surface area contributed by atoms with E-state index in [0.717, 1.165) is 29.5 Å². The molecule has 0 spiro atoms. The van der Waals surface area contributed by atoms with E-state index in [4.69, 9.17) is 10.2 Å². The second kappa shape index (κ2) is 3.66. The lowest BCUT2D eigenvalue weighted by molar-refractivity contribution is 0.411. The predicted octanol–water partition coefficient (Wildman–Crippen LogP) is 2.80. The molecule has 3 nitrogen and oxygen atoms in total. The van der Waals surface area contributed by atoms with Gasteiger partial charge in [0.25, 0.3) is 0 Å². The predicted molar refractivity (Wildman–Crippen MR) is 60.5 cm³/mol. The van der Waals surface area contributed by atoms with E-state index in [1.807, 2.05) is 18.3 Å². The van der Waals surface area contributed by atoms with Crippen LogP contribution in [0.5, 0.6) is 0 Å². The Kier molecular flexibility index (Phi) is 2.49. The smallest absolute Gasteiger partial charge is 0.152 e. The number of fused-ring (bicyclic) bond motifs is 1. The monoisotopic (exact) mass is 204 g/mol. The van der Waals surface area contributed by atoms with Crippen LogP contribution in [-0.2, 0) is 5.54 Å². The Bertz CT molecular complexity index is 457. The van der Waals surface area contributed by atoms with E-state index in [-0.39, 0.29) is 5.54 Å². The van der Waals surface area contributed by atoms with Crippen LogP contribution in [0.4, 0.5) is 0 Å². The van der Waals surface area contributed by atoms with Crippen LogP contribution in [0.1, 0.15) is 32.3 Å². The molecule has 0 aliphatic carbocycles. The van der Waals surface area contributed by atoms with Crippen LogP contribution in [0.25, 0.3) is 11.1 Å². The summed E-state index contributed by atoms with van der Waals surface area (Å²) < 4.78 is 5.32. The van der Waals surface area contributed by atoms with Crippen molar-refractivity contribution in [2.45, 2.75) is 32.2 Å². The van der Waals surface area contributed by atoms with Crippen molar-refractivity contribution in [1.29, 1.82) is 0 Å². The molecule has 2 rings (SSSR count). The molecule has 0 bridgehead atoms. The summed E-state index contributed by atoms with van der Waals surface area (Å²) in [6, 6.07) is 3.85. The highest BCUT2D eigenvalue weighted by Gasteiger charge is 2.23. The zero-order valence-corrected chi connectivity index (χ0v) is 9.16. The average Bonchev–Trinajstić information content (AvgIpc) is 2.74. The van der Waals surface area contributed by atoms with E-state index in [9.17, 15) is 0 Å². The Balaban J connectivity index is 2.51. The fourth-order valence-corrected chi connectivity index (χ4v) is 1.78. The highest BCUT2D eigenvalue weighted by atomic mass is 16.3. The van der Waals surface area contributed by atoms with Gasteiger partial charge < -0.3 is 10.2 Å². The average molecular weight is 204 g/mol. The fraction of sp³-hybridized carbons (Fsp3) is 0.417. The second-order valence-corrected chi connectivity index (χ2v) is 3.89. The van der Waals surface area contributed by atoms with Gasteiger partial charge in [-0.1, -0.05) is 13.8 Å². The molecular weight excluding hydrogens is 188 g/mol. The molecule has 0 fully saturated rings. The highest BCUT2D eigenvalue weighted by molar-refractivity contribution is 5.72. The van der Waals surface area contributed by atoms with Gasteiger partial charge in [0.1, 0.15) is 5.52 Å². The van der Waals surface area contributed by atoms with E-state index in [0.29, 0.717) is 0 Å². The number of pyridine rings is 1. The maximum atomic E-state index is 6.30. The van der Waals surface area contributed by atoms with Gasteiger partial charge in [-0.25, -0.2) is 0 Å². The maximum Gasteiger partial charge on any atom is 0.152 e. The van der Waals surface area contributed by atoms with Crippen molar-refractivity contribution < 1.29 is 4.42 Å². The van der Waals surface area contributed by atoms with Crippen LogP contribution in [-0.4, -0.2) is 4.98 Å². The molecule has 0 aliphatic rings. The third-order valence-electron chi connectivity index (χ3n) is 3.14. The molecule has 15 heavy (non-hydrogen) atoms. The van der Waals surface area contributed by atoms with E-state index < -0.39 is 0 Å². The topological polar surface area (TPSA) is 52.0 Å². The van der Waals surface area contributed by atoms with Crippen molar-refractivity contribution in [3.05, 3.63) is 30.2 Å². The van der Waals surface area contributed by atoms with Crippen molar-refractivity contribution in [2.75, 3.05) is 0 Å². The number of aromatic nitrogens is 1. The molecule has 0 radical (unpaired) electrons. The van der Waals surface area contributed by atoms with Crippen LogP contribution in [0, 0.1) is 0 Å². The second-order valence-electron chi connectivity index (χ2n) is 3.89. The quantitative estimate of drug-likeness (QED) is 0.836. The number of rotatable bonds is 3. The van der Waals surface area contributed by atoms with Gasteiger partial charge in [-0.2, -0.15) is 0 Å². The van der Waals surface area contributed by atoms with Crippen LogP contribution >= 0.6 is 0 Å². The summed E-state index contributed by atoms with van der Waals surface area (Å²) >= 11 is 0. The molecule has 0 saturated heterocycles. The number of hydrogen-bond acceptors (Lipinski definition) is 3. The van der Waals surface area contributed by atoms with Gasteiger partial charge >= 0.3 is 0 Å². The van der Waals surface area contributed by atoms with E-state index in [1.165, 1.54) is 0 Å². The Morgan fingerprint density at radius 3 is 2.80 bits per heavy atom.